The van der Waals surface area contributed by atoms with Gasteiger partial charge in [0.1, 0.15) is 12.3 Å². The first-order chi connectivity index (χ1) is 11.0. The van der Waals surface area contributed by atoms with E-state index >= 15 is 0 Å². The number of esters is 1. The number of carbonyl (C=O) groups excluding carboxylic acids is 2. The number of fused-ring (bicyclic) bond motifs is 1. The normalized spacial score (nSPS) is 11.8. The third-order valence-electron chi connectivity index (χ3n) is 3.68. The van der Waals surface area contributed by atoms with Crippen LogP contribution in [0.1, 0.15) is 25.3 Å². The Morgan fingerprint density at radius 1 is 1.13 bits per heavy atom. The fourth-order valence-corrected chi connectivity index (χ4v) is 2.31. The quantitative estimate of drug-likeness (QED) is 0.832. The molecule has 1 N–H and O–H groups in total. The lowest BCUT2D eigenvalue weighted by molar-refractivity contribution is -0.143. The molecule has 1 atom stereocenters. The fourth-order valence-electron chi connectivity index (χ4n) is 2.31. The zero-order chi connectivity index (χ0) is 16.8. The molecular formula is C18H21NO4. The van der Waals surface area contributed by atoms with Crippen LogP contribution in [0.3, 0.4) is 0 Å². The van der Waals surface area contributed by atoms with E-state index in [1.54, 1.807) is 14.0 Å². The highest BCUT2D eigenvalue weighted by Gasteiger charge is 2.16. The highest BCUT2D eigenvalue weighted by Crippen LogP contribution is 2.25. The summed E-state index contributed by atoms with van der Waals surface area (Å²) in [6.45, 7) is 3.73. The van der Waals surface area contributed by atoms with Crippen LogP contribution in [0, 0.1) is 0 Å². The lowest BCUT2D eigenvalue weighted by Crippen LogP contribution is -2.33. The van der Waals surface area contributed by atoms with Crippen LogP contribution >= 0.6 is 0 Å². The highest BCUT2D eigenvalue weighted by atomic mass is 16.5. The van der Waals surface area contributed by atoms with Gasteiger partial charge in [0.2, 0.25) is 5.91 Å². The van der Waals surface area contributed by atoms with E-state index in [9.17, 15) is 9.59 Å². The van der Waals surface area contributed by atoms with Crippen molar-refractivity contribution < 1.29 is 19.1 Å². The topological polar surface area (TPSA) is 64.6 Å². The second-order valence-corrected chi connectivity index (χ2v) is 5.22. The smallest absolute Gasteiger partial charge is 0.325 e. The Hall–Kier alpha value is -2.56. The molecule has 0 bridgehead atoms. The van der Waals surface area contributed by atoms with E-state index in [0.717, 1.165) is 22.1 Å². The number of rotatable bonds is 6. The first-order valence-corrected chi connectivity index (χ1v) is 7.56. The molecule has 2 aromatic carbocycles. The van der Waals surface area contributed by atoms with Gasteiger partial charge in [0, 0.05) is 0 Å². The van der Waals surface area contributed by atoms with E-state index < -0.39 is 5.97 Å². The Balaban J connectivity index is 2.09. The van der Waals surface area contributed by atoms with Crippen molar-refractivity contribution in [2.45, 2.75) is 19.8 Å². The van der Waals surface area contributed by atoms with Crippen LogP contribution in [0.4, 0.5) is 0 Å². The summed E-state index contributed by atoms with van der Waals surface area (Å²) < 4.78 is 10.00. The molecule has 0 fully saturated rings. The van der Waals surface area contributed by atoms with Gasteiger partial charge in [-0.3, -0.25) is 9.59 Å². The molecule has 5 nitrogen and oxygen atoms in total. The molecule has 0 aliphatic rings. The number of benzene rings is 2. The maximum Gasteiger partial charge on any atom is 0.325 e. The van der Waals surface area contributed by atoms with E-state index in [0.29, 0.717) is 6.61 Å². The second kappa shape index (κ2) is 7.63. The molecule has 0 saturated carbocycles. The van der Waals surface area contributed by atoms with E-state index in [1.807, 2.05) is 43.3 Å². The van der Waals surface area contributed by atoms with Crippen molar-refractivity contribution in [1.29, 1.82) is 0 Å². The zero-order valence-electron chi connectivity index (χ0n) is 13.6. The van der Waals surface area contributed by atoms with Crippen molar-refractivity contribution in [3.63, 3.8) is 0 Å². The van der Waals surface area contributed by atoms with Gasteiger partial charge in [-0.25, -0.2) is 0 Å². The summed E-state index contributed by atoms with van der Waals surface area (Å²) >= 11 is 0. The Kier molecular flexibility index (Phi) is 5.57. The van der Waals surface area contributed by atoms with Crippen LogP contribution in [-0.4, -0.2) is 32.1 Å². The minimum atomic E-state index is -0.432. The third kappa shape index (κ3) is 4.22. The van der Waals surface area contributed by atoms with E-state index in [4.69, 9.17) is 9.47 Å². The zero-order valence-corrected chi connectivity index (χ0v) is 13.6. The van der Waals surface area contributed by atoms with Gasteiger partial charge in [0.25, 0.3) is 0 Å². The minimum absolute atomic E-state index is 0.109. The van der Waals surface area contributed by atoms with Crippen molar-refractivity contribution in [3.8, 4) is 5.75 Å². The van der Waals surface area contributed by atoms with E-state index in [1.165, 1.54) is 0 Å². The largest absolute Gasteiger partial charge is 0.497 e. The summed E-state index contributed by atoms with van der Waals surface area (Å²) in [6.07, 6.45) is 0. The molecular weight excluding hydrogens is 294 g/mol. The number of ether oxygens (including phenoxy) is 2. The molecule has 0 radical (unpaired) electrons. The molecule has 2 rings (SSSR count). The van der Waals surface area contributed by atoms with Crippen molar-refractivity contribution in [2.24, 2.45) is 0 Å². The number of hydrogen-bond donors (Lipinski definition) is 1. The highest BCUT2D eigenvalue weighted by molar-refractivity contribution is 5.89. The maximum absolute atomic E-state index is 12.1. The molecule has 5 heteroatoms. The molecule has 23 heavy (non-hydrogen) atoms. The summed E-state index contributed by atoms with van der Waals surface area (Å²) in [5.41, 5.74) is 0.893. The summed E-state index contributed by atoms with van der Waals surface area (Å²) in [5.74, 6) is -0.189. The average molecular weight is 315 g/mol. The van der Waals surface area contributed by atoms with Gasteiger partial charge in [-0.2, -0.15) is 0 Å². The van der Waals surface area contributed by atoms with Crippen LogP contribution in [0.2, 0.25) is 0 Å². The molecule has 0 aromatic heterocycles. The van der Waals surface area contributed by atoms with Crippen LogP contribution in [0.15, 0.2) is 36.4 Å². The predicted molar refractivity (Wildman–Crippen MR) is 88.6 cm³/mol. The fraction of sp³-hybridized carbons (Fsp3) is 0.333. The second-order valence-electron chi connectivity index (χ2n) is 5.22. The van der Waals surface area contributed by atoms with Gasteiger partial charge >= 0.3 is 5.97 Å². The Morgan fingerprint density at radius 2 is 1.83 bits per heavy atom. The third-order valence-corrected chi connectivity index (χ3v) is 3.68. The molecule has 0 saturated heterocycles. The van der Waals surface area contributed by atoms with Crippen molar-refractivity contribution in [2.75, 3.05) is 20.3 Å². The van der Waals surface area contributed by atoms with Crippen LogP contribution in [0.25, 0.3) is 10.8 Å². The molecule has 0 heterocycles. The Morgan fingerprint density at radius 3 is 2.52 bits per heavy atom. The molecule has 0 aliphatic heterocycles. The Bertz CT molecular complexity index is 711. The summed E-state index contributed by atoms with van der Waals surface area (Å²) in [6, 6.07) is 11.6. The van der Waals surface area contributed by atoms with Crippen molar-refractivity contribution in [3.05, 3.63) is 42.0 Å². The summed E-state index contributed by atoms with van der Waals surface area (Å²) in [5, 5.41) is 4.68. The minimum Gasteiger partial charge on any atom is -0.497 e. The van der Waals surface area contributed by atoms with Gasteiger partial charge < -0.3 is 14.8 Å². The number of carbonyl (C=O) groups is 2. The number of nitrogens with one attached hydrogen (secondary N) is 1. The summed E-state index contributed by atoms with van der Waals surface area (Å²) in [4.78, 5) is 23.4. The van der Waals surface area contributed by atoms with E-state index in [2.05, 4.69) is 5.32 Å². The Labute approximate surface area is 135 Å². The van der Waals surface area contributed by atoms with Crippen molar-refractivity contribution in [1.82, 2.24) is 5.32 Å². The first kappa shape index (κ1) is 16.8. The van der Waals surface area contributed by atoms with Gasteiger partial charge in [0.05, 0.1) is 19.6 Å². The number of amides is 1. The average Bonchev–Trinajstić information content (AvgIpc) is 2.58. The van der Waals surface area contributed by atoms with E-state index in [-0.39, 0.29) is 18.4 Å². The predicted octanol–water partition coefficient (Wildman–Crippen LogP) is 2.63. The molecule has 1 amide bonds. The van der Waals surface area contributed by atoms with Crippen LogP contribution in [-0.2, 0) is 14.3 Å². The standard InChI is InChI=1S/C18H21NO4/c1-4-23-17(20)11-19-18(21)12(2)13-5-6-15-10-16(22-3)8-7-14(15)9-13/h5-10,12H,4,11H2,1-3H3,(H,19,21). The van der Waals surface area contributed by atoms with Gasteiger partial charge in [0.15, 0.2) is 0 Å². The maximum atomic E-state index is 12.1. The monoisotopic (exact) mass is 315 g/mol. The molecule has 1 unspecified atom stereocenters. The lowest BCUT2D eigenvalue weighted by Gasteiger charge is -2.13. The van der Waals surface area contributed by atoms with Gasteiger partial charge in [-0.1, -0.05) is 24.3 Å². The van der Waals surface area contributed by atoms with Crippen molar-refractivity contribution >= 4 is 22.6 Å². The van der Waals surface area contributed by atoms with Crippen LogP contribution < -0.4 is 10.1 Å². The lowest BCUT2D eigenvalue weighted by atomic mass is 9.97. The van der Waals surface area contributed by atoms with Gasteiger partial charge in [-0.05, 0) is 42.3 Å². The van der Waals surface area contributed by atoms with Gasteiger partial charge in [-0.15, -0.1) is 0 Å². The number of methoxy groups -OCH3 is 1. The molecule has 0 spiro atoms. The van der Waals surface area contributed by atoms with Crippen LogP contribution in [0.5, 0.6) is 5.75 Å². The number of hydrogen-bond acceptors (Lipinski definition) is 4. The summed E-state index contributed by atoms with van der Waals surface area (Å²) in [7, 11) is 1.63. The molecule has 2 aromatic rings. The molecule has 0 aliphatic carbocycles. The first-order valence-electron chi connectivity index (χ1n) is 7.56. The molecule has 122 valence electrons. The SMILES string of the molecule is CCOC(=O)CNC(=O)C(C)c1ccc2cc(OC)ccc2c1.